The summed E-state index contributed by atoms with van der Waals surface area (Å²) in [6.07, 6.45) is 5.76. The van der Waals surface area contributed by atoms with E-state index in [0.717, 1.165) is 82.5 Å². The second-order valence-electron chi connectivity index (χ2n) is 16.3. The van der Waals surface area contributed by atoms with Gasteiger partial charge in [-0.1, -0.05) is 58.0 Å². The number of imidazole rings is 2. The molecule has 4 atom stereocenters. The van der Waals surface area contributed by atoms with Crippen LogP contribution in [0.3, 0.4) is 0 Å². The number of hydrogen-bond donors (Lipinski definition) is 4. The number of ether oxygens (including phenoxy) is 3. The first-order chi connectivity index (χ1) is 28.1. The molecule has 5 aromatic rings. The number of hydrogen-bond acceptors (Lipinski definition) is 9. The Balaban J connectivity index is 1.08. The molecule has 2 aromatic heterocycles. The van der Waals surface area contributed by atoms with Gasteiger partial charge in [-0.25, -0.2) is 14.8 Å². The highest BCUT2D eigenvalue weighted by molar-refractivity contribution is 5.86. The second kappa shape index (κ2) is 16.6. The topological polar surface area (TPSA) is 150 Å². The third-order valence-electron chi connectivity index (χ3n) is 11.4. The molecule has 0 aliphatic carbocycles. The van der Waals surface area contributed by atoms with Gasteiger partial charge in [-0.2, -0.15) is 0 Å². The normalized spacial score (nSPS) is 18.7. The van der Waals surface area contributed by atoms with Crippen LogP contribution in [0.5, 0.6) is 11.5 Å². The standard InChI is InChI=1S/C45H54N8O5/c1-7-52(43(54)41(27(4)5)51-45(55)56-6)24-40-47-22-35(49-40)28-14-16-37-31(18-28)20-38-33-15-13-29(36-23-48-42(50-36)34-12-9-17-46-34)21-39(33)58-44(53(37)38)30-10-8-11-32(19-30)57-25-26(2)3/h8,10-11,13-16,18-19,21-23,26-27,34,38,41,44,46H,7,9,12,17,20,24-25H2,1-6H3,(H,47,49)(H,48,50)(H,51,55). The molecule has 4 N–H and O–H groups in total. The average Bonchev–Trinajstić information content (AvgIpc) is 4.07. The van der Waals surface area contributed by atoms with Crippen molar-refractivity contribution in [1.29, 1.82) is 0 Å². The quantitative estimate of drug-likeness (QED) is 0.0936. The van der Waals surface area contributed by atoms with E-state index in [1.807, 2.05) is 45.3 Å². The predicted molar refractivity (Wildman–Crippen MR) is 222 cm³/mol. The van der Waals surface area contributed by atoms with Crippen molar-refractivity contribution in [2.24, 2.45) is 11.8 Å². The highest BCUT2D eigenvalue weighted by Gasteiger charge is 2.42. The molecule has 13 nitrogen and oxygen atoms in total. The van der Waals surface area contributed by atoms with Crippen molar-refractivity contribution in [1.82, 2.24) is 35.5 Å². The van der Waals surface area contributed by atoms with Crippen LogP contribution in [0.1, 0.15) is 94.1 Å². The van der Waals surface area contributed by atoms with Gasteiger partial charge in [0.2, 0.25) is 5.91 Å². The Labute approximate surface area is 339 Å². The van der Waals surface area contributed by atoms with Crippen LogP contribution in [0.2, 0.25) is 0 Å². The Morgan fingerprint density at radius 2 is 1.79 bits per heavy atom. The number of H-pyrrole nitrogens is 2. The molecule has 0 bridgehead atoms. The highest BCUT2D eigenvalue weighted by Crippen LogP contribution is 2.53. The average molecular weight is 787 g/mol. The van der Waals surface area contributed by atoms with Crippen LogP contribution < -0.4 is 25.0 Å². The minimum atomic E-state index is -0.714. The zero-order valence-corrected chi connectivity index (χ0v) is 34.2. The van der Waals surface area contributed by atoms with Crippen LogP contribution in [0, 0.1) is 11.8 Å². The predicted octanol–water partition coefficient (Wildman–Crippen LogP) is 7.85. The first kappa shape index (κ1) is 39.0. The van der Waals surface area contributed by atoms with Crippen LogP contribution in [0.4, 0.5) is 10.5 Å². The Morgan fingerprint density at radius 3 is 2.55 bits per heavy atom. The third-order valence-corrected chi connectivity index (χ3v) is 11.4. The van der Waals surface area contributed by atoms with E-state index in [2.05, 4.69) is 92.9 Å². The maximum absolute atomic E-state index is 13.5. The fraction of sp³-hybridized carbons (Fsp3) is 0.422. The van der Waals surface area contributed by atoms with Gasteiger partial charge in [0.25, 0.3) is 0 Å². The van der Waals surface area contributed by atoms with Gasteiger partial charge >= 0.3 is 6.09 Å². The first-order valence-corrected chi connectivity index (χ1v) is 20.5. The van der Waals surface area contributed by atoms with Crippen LogP contribution in [0.15, 0.2) is 73.1 Å². The van der Waals surface area contributed by atoms with Crippen LogP contribution in [-0.2, 0) is 22.5 Å². The molecule has 8 rings (SSSR count). The number of rotatable bonds is 13. The summed E-state index contributed by atoms with van der Waals surface area (Å²) in [7, 11) is 1.29. The van der Waals surface area contributed by atoms with Crippen molar-refractivity contribution in [3.05, 3.63) is 101 Å². The first-order valence-electron chi connectivity index (χ1n) is 20.5. The van der Waals surface area contributed by atoms with Crippen molar-refractivity contribution >= 4 is 17.7 Å². The molecular weight excluding hydrogens is 733 g/mol. The number of aromatic amines is 2. The van der Waals surface area contributed by atoms with E-state index in [0.29, 0.717) is 24.9 Å². The van der Waals surface area contributed by atoms with Gasteiger partial charge in [0.15, 0.2) is 6.23 Å². The molecule has 2 amide bonds. The van der Waals surface area contributed by atoms with Crippen molar-refractivity contribution in [2.75, 3.05) is 31.7 Å². The SMILES string of the molecule is CCN(Cc1ncc(-c2ccc3c(c2)CC2c4ccc(-c5cnc(C6CCCN6)[nH]5)cc4OC(c4cccc(OCC(C)C)c4)N32)[nH]1)C(=O)C(NC(=O)OC)C(C)C. The van der Waals surface area contributed by atoms with Gasteiger partial charge < -0.3 is 44.6 Å². The summed E-state index contributed by atoms with van der Waals surface area (Å²) in [4.78, 5) is 46.0. The smallest absolute Gasteiger partial charge is 0.407 e. The molecule has 4 unspecified atom stereocenters. The van der Waals surface area contributed by atoms with Crippen molar-refractivity contribution in [2.45, 2.75) is 84.8 Å². The Hall–Kier alpha value is -5.82. The lowest BCUT2D eigenvalue weighted by atomic mass is 9.96. The van der Waals surface area contributed by atoms with Gasteiger partial charge in [0.05, 0.1) is 56.1 Å². The van der Waals surface area contributed by atoms with E-state index in [4.69, 9.17) is 19.2 Å². The molecule has 3 aliphatic rings. The van der Waals surface area contributed by atoms with E-state index in [1.54, 1.807) is 4.90 Å². The minimum Gasteiger partial charge on any atom is -0.493 e. The lowest BCUT2D eigenvalue weighted by Crippen LogP contribution is -2.51. The lowest BCUT2D eigenvalue weighted by molar-refractivity contribution is -0.135. The number of amides is 2. The van der Waals surface area contributed by atoms with Crippen molar-refractivity contribution in [3.63, 3.8) is 0 Å². The summed E-state index contributed by atoms with van der Waals surface area (Å²) < 4.78 is 18.0. The minimum absolute atomic E-state index is 0.0438. The van der Waals surface area contributed by atoms with Gasteiger partial charge in [-0.3, -0.25) is 4.79 Å². The summed E-state index contributed by atoms with van der Waals surface area (Å²) in [6.45, 7) is 12.4. The molecule has 1 saturated heterocycles. The van der Waals surface area contributed by atoms with Gasteiger partial charge in [-0.15, -0.1) is 0 Å². The molecule has 0 spiro atoms. The summed E-state index contributed by atoms with van der Waals surface area (Å²) in [6, 6.07) is 20.9. The number of aromatic nitrogens is 4. The summed E-state index contributed by atoms with van der Waals surface area (Å²) in [5.74, 6) is 3.41. The van der Waals surface area contributed by atoms with E-state index in [-0.39, 0.29) is 36.7 Å². The number of anilines is 1. The van der Waals surface area contributed by atoms with Crippen LogP contribution in [-0.4, -0.2) is 69.7 Å². The maximum atomic E-state index is 13.5. The zero-order chi connectivity index (χ0) is 40.5. The fourth-order valence-electron chi connectivity index (χ4n) is 8.29. The van der Waals surface area contributed by atoms with Gasteiger partial charge in [0, 0.05) is 28.9 Å². The van der Waals surface area contributed by atoms with E-state index < -0.39 is 12.1 Å². The number of fused-ring (bicyclic) bond motifs is 5. The zero-order valence-electron chi connectivity index (χ0n) is 34.2. The molecule has 3 aliphatic heterocycles. The molecule has 0 radical (unpaired) electrons. The number of likely N-dealkylation sites (N-methyl/N-ethyl adjacent to an activating group) is 1. The molecule has 304 valence electrons. The fourth-order valence-corrected chi connectivity index (χ4v) is 8.29. The molecule has 3 aromatic carbocycles. The third kappa shape index (κ3) is 7.87. The lowest BCUT2D eigenvalue weighted by Gasteiger charge is -2.41. The number of nitrogens with zero attached hydrogens (tertiary/aromatic N) is 4. The highest BCUT2D eigenvalue weighted by atomic mass is 16.5. The van der Waals surface area contributed by atoms with Crippen molar-refractivity contribution < 1.29 is 23.8 Å². The Morgan fingerprint density at radius 1 is 1.00 bits per heavy atom. The number of nitrogens with one attached hydrogen (secondary N) is 4. The number of methoxy groups -OCH3 is 1. The maximum Gasteiger partial charge on any atom is 0.407 e. The molecule has 58 heavy (non-hydrogen) atoms. The van der Waals surface area contributed by atoms with Gasteiger partial charge in [-0.05, 0) is 86.0 Å². The number of carbonyl (C=O) groups excluding carboxylic acids is 2. The molecule has 1 fully saturated rings. The molecule has 5 heterocycles. The summed E-state index contributed by atoms with van der Waals surface area (Å²) >= 11 is 0. The van der Waals surface area contributed by atoms with Crippen molar-refractivity contribution in [3.8, 4) is 34.0 Å². The van der Waals surface area contributed by atoms with E-state index in [1.165, 1.54) is 12.7 Å². The van der Waals surface area contributed by atoms with Crippen LogP contribution in [0.25, 0.3) is 22.5 Å². The second-order valence-corrected chi connectivity index (χ2v) is 16.3. The number of carbonyl (C=O) groups is 2. The van der Waals surface area contributed by atoms with Gasteiger partial charge in [0.1, 0.15) is 29.2 Å². The largest absolute Gasteiger partial charge is 0.493 e. The summed E-state index contributed by atoms with van der Waals surface area (Å²) in [5, 5.41) is 6.23. The molecular formula is C45H54N8O5. The molecule has 0 saturated carbocycles. The number of alkyl carbamates (subject to hydrolysis) is 1. The molecule has 13 heteroatoms. The van der Waals surface area contributed by atoms with Crippen LogP contribution >= 0.6 is 0 Å². The Bertz CT molecular complexity index is 2260. The monoisotopic (exact) mass is 786 g/mol. The number of benzene rings is 3. The Kier molecular flexibility index (Phi) is 11.2. The van der Waals surface area contributed by atoms with E-state index in [9.17, 15) is 9.59 Å². The van der Waals surface area contributed by atoms with E-state index >= 15 is 0 Å². The summed E-state index contributed by atoms with van der Waals surface area (Å²) in [5.41, 5.74) is 8.35.